The largest absolute Gasteiger partial charge is 0.368 e. The minimum absolute atomic E-state index is 0.709. The van der Waals surface area contributed by atoms with Crippen molar-refractivity contribution in [1.82, 2.24) is 30.4 Å². The minimum Gasteiger partial charge on any atom is -0.368 e. The summed E-state index contributed by atoms with van der Waals surface area (Å²) >= 11 is 1.72. The van der Waals surface area contributed by atoms with Gasteiger partial charge in [0.2, 0.25) is 0 Å². The fraction of sp³-hybridized carbons (Fsp3) is 0.333. The molecule has 126 valence electrons. The number of aromatic nitrogens is 4. The number of guanidine groups is 1. The fourth-order valence-corrected chi connectivity index (χ4v) is 2.91. The molecule has 0 aliphatic carbocycles. The Kier molecular flexibility index (Phi) is 5.22. The van der Waals surface area contributed by atoms with Crippen LogP contribution in [-0.2, 0) is 13.6 Å². The van der Waals surface area contributed by atoms with Crippen molar-refractivity contribution in [2.24, 2.45) is 12.0 Å². The molecule has 0 aliphatic heterocycles. The molecular weight excluding hydrogens is 324 g/mol. The first-order valence-electron chi connectivity index (χ1n) is 7.61. The highest BCUT2D eigenvalue weighted by atomic mass is 32.1. The highest BCUT2D eigenvalue weighted by Crippen LogP contribution is 2.17. The highest BCUT2D eigenvalue weighted by Gasteiger charge is 2.07. The van der Waals surface area contributed by atoms with Gasteiger partial charge in [-0.15, -0.1) is 11.3 Å². The van der Waals surface area contributed by atoms with E-state index in [1.165, 1.54) is 4.88 Å². The summed E-state index contributed by atoms with van der Waals surface area (Å²) < 4.78 is 1.73. The first-order valence-corrected chi connectivity index (χ1v) is 8.49. The van der Waals surface area contributed by atoms with Gasteiger partial charge in [0, 0.05) is 32.1 Å². The Bertz CT molecular complexity index is 808. The maximum absolute atomic E-state index is 4.28. The lowest BCUT2D eigenvalue weighted by atomic mass is 10.4. The SMILES string of the molecule is CN=C(NCCNc1ncnc2c1cnn2C)NCc1cccs1. The second kappa shape index (κ2) is 7.73. The van der Waals surface area contributed by atoms with Crippen LogP contribution >= 0.6 is 11.3 Å². The summed E-state index contributed by atoms with van der Waals surface area (Å²) in [4.78, 5) is 14.0. The zero-order chi connectivity index (χ0) is 16.8. The second-order valence-electron chi connectivity index (χ2n) is 5.09. The minimum atomic E-state index is 0.709. The monoisotopic (exact) mass is 344 g/mol. The molecule has 9 heteroatoms. The predicted molar refractivity (Wildman–Crippen MR) is 97.3 cm³/mol. The number of hydrogen-bond acceptors (Lipinski definition) is 6. The average Bonchev–Trinajstić information content (AvgIpc) is 3.25. The Labute approximate surface area is 144 Å². The summed E-state index contributed by atoms with van der Waals surface area (Å²) in [6.45, 7) is 2.20. The maximum atomic E-state index is 4.28. The van der Waals surface area contributed by atoms with E-state index in [0.29, 0.717) is 6.54 Å². The Morgan fingerprint density at radius 1 is 1.29 bits per heavy atom. The molecule has 0 bridgehead atoms. The van der Waals surface area contributed by atoms with Crippen LogP contribution in [0.3, 0.4) is 0 Å². The second-order valence-corrected chi connectivity index (χ2v) is 6.12. The standard InChI is InChI=1S/C15H20N8S/c1-16-15(19-8-11-4-3-7-24-11)18-6-5-17-13-12-9-22-23(2)14(12)21-10-20-13/h3-4,7,9-10H,5-6,8H2,1-2H3,(H2,16,18,19)(H,17,20,21). The summed E-state index contributed by atoms with van der Waals surface area (Å²) in [6.07, 6.45) is 3.31. The number of aryl methyl sites for hydroxylation is 1. The molecule has 3 rings (SSSR count). The van der Waals surface area contributed by atoms with Crippen molar-refractivity contribution >= 4 is 34.1 Å². The first kappa shape index (κ1) is 16.2. The van der Waals surface area contributed by atoms with Gasteiger partial charge in [-0.25, -0.2) is 9.97 Å². The van der Waals surface area contributed by atoms with E-state index in [-0.39, 0.29) is 0 Å². The van der Waals surface area contributed by atoms with E-state index >= 15 is 0 Å². The molecule has 0 radical (unpaired) electrons. The average molecular weight is 344 g/mol. The molecule has 3 aromatic rings. The normalized spacial score (nSPS) is 11.7. The Hall–Kier alpha value is -2.68. The predicted octanol–water partition coefficient (Wildman–Crippen LogP) is 1.20. The van der Waals surface area contributed by atoms with Crippen LogP contribution in [0.25, 0.3) is 11.0 Å². The van der Waals surface area contributed by atoms with Crippen molar-refractivity contribution in [1.29, 1.82) is 0 Å². The van der Waals surface area contributed by atoms with Crippen LogP contribution in [0.2, 0.25) is 0 Å². The maximum Gasteiger partial charge on any atom is 0.191 e. The molecule has 0 amide bonds. The lowest BCUT2D eigenvalue weighted by Gasteiger charge is -2.12. The van der Waals surface area contributed by atoms with Crippen LogP contribution < -0.4 is 16.0 Å². The lowest BCUT2D eigenvalue weighted by Crippen LogP contribution is -2.39. The van der Waals surface area contributed by atoms with Gasteiger partial charge < -0.3 is 16.0 Å². The summed E-state index contributed by atoms with van der Waals surface area (Å²) in [6, 6.07) is 4.14. The van der Waals surface area contributed by atoms with Crippen molar-refractivity contribution in [3.05, 3.63) is 34.9 Å². The molecule has 3 heterocycles. The molecule has 3 N–H and O–H groups in total. The molecule has 0 atom stereocenters. The topological polar surface area (TPSA) is 92.1 Å². The Morgan fingerprint density at radius 2 is 2.21 bits per heavy atom. The third kappa shape index (κ3) is 3.80. The Morgan fingerprint density at radius 3 is 3.00 bits per heavy atom. The molecular formula is C15H20N8S. The number of anilines is 1. The molecule has 8 nitrogen and oxygen atoms in total. The van der Waals surface area contributed by atoms with E-state index in [2.05, 4.69) is 47.5 Å². The van der Waals surface area contributed by atoms with E-state index in [1.807, 2.05) is 13.1 Å². The summed E-state index contributed by atoms with van der Waals surface area (Å²) in [5.74, 6) is 1.57. The third-order valence-electron chi connectivity index (χ3n) is 3.47. The van der Waals surface area contributed by atoms with E-state index in [0.717, 1.165) is 35.9 Å². The van der Waals surface area contributed by atoms with Crippen molar-refractivity contribution in [2.75, 3.05) is 25.5 Å². The number of aliphatic imine (C=N–C) groups is 1. The van der Waals surface area contributed by atoms with Crippen molar-refractivity contribution in [3.8, 4) is 0 Å². The van der Waals surface area contributed by atoms with Gasteiger partial charge in [0.1, 0.15) is 12.1 Å². The summed E-state index contributed by atoms with van der Waals surface area (Å²) in [5, 5.41) is 17.1. The van der Waals surface area contributed by atoms with Gasteiger partial charge in [0.25, 0.3) is 0 Å². The van der Waals surface area contributed by atoms with Crippen LogP contribution in [0.1, 0.15) is 4.88 Å². The number of fused-ring (bicyclic) bond motifs is 1. The molecule has 0 saturated carbocycles. The molecule has 0 spiro atoms. The molecule has 0 aromatic carbocycles. The number of nitrogens with zero attached hydrogens (tertiary/aromatic N) is 5. The number of hydrogen-bond donors (Lipinski definition) is 3. The van der Waals surface area contributed by atoms with Crippen molar-refractivity contribution < 1.29 is 0 Å². The molecule has 0 aliphatic rings. The fourth-order valence-electron chi connectivity index (χ4n) is 2.27. The first-order chi connectivity index (χ1) is 11.8. The van der Waals surface area contributed by atoms with Crippen LogP contribution in [0.4, 0.5) is 5.82 Å². The van der Waals surface area contributed by atoms with Gasteiger partial charge in [0.05, 0.1) is 18.1 Å². The van der Waals surface area contributed by atoms with Gasteiger partial charge in [-0.1, -0.05) is 6.07 Å². The van der Waals surface area contributed by atoms with Crippen LogP contribution in [-0.4, -0.2) is 45.8 Å². The van der Waals surface area contributed by atoms with Gasteiger partial charge in [-0.3, -0.25) is 9.67 Å². The lowest BCUT2D eigenvalue weighted by molar-refractivity contribution is 0.785. The van der Waals surface area contributed by atoms with Crippen molar-refractivity contribution in [3.63, 3.8) is 0 Å². The van der Waals surface area contributed by atoms with Crippen LogP contribution in [0.5, 0.6) is 0 Å². The van der Waals surface area contributed by atoms with E-state index < -0.39 is 0 Å². The number of thiophene rings is 1. The molecule has 0 saturated heterocycles. The zero-order valence-corrected chi connectivity index (χ0v) is 14.5. The molecule has 0 unspecified atom stereocenters. The summed E-state index contributed by atoms with van der Waals surface area (Å²) in [5.41, 5.74) is 0.814. The van der Waals surface area contributed by atoms with E-state index in [4.69, 9.17) is 0 Å². The van der Waals surface area contributed by atoms with Crippen molar-refractivity contribution in [2.45, 2.75) is 6.54 Å². The third-order valence-corrected chi connectivity index (χ3v) is 4.35. The number of rotatable bonds is 6. The van der Waals surface area contributed by atoms with Gasteiger partial charge in [0.15, 0.2) is 11.6 Å². The van der Waals surface area contributed by atoms with Gasteiger partial charge in [-0.05, 0) is 11.4 Å². The van der Waals surface area contributed by atoms with Gasteiger partial charge in [-0.2, -0.15) is 5.10 Å². The number of nitrogens with one attached hydrogen (secondary N) is 3. The smallest absolute Gasteiger partial charge is 0.191 e. The highest BCUT2D eigenvalue weighted by molar-refractivity contribution is 7.09. The molecule has 0 fully saturated rings. The quantitative estimate of drug-likeness (QED) is 0.354. The van der Waals surface area contributed by atoms with E-state index in [9.17, 15) is 0 Å². The summed E-state index contributed by atoms with van der Waals surface area (Å²) in [7, 11) is 3.63. The Balaban J connectivity index is 1.47. The van der Waals surface area contributed by atoms with Crippen LogP contribution in [0, 0.1) is 0 Å². The van der Waals surface area contributed by atoms with Gasteiger partial charge >= 0.3 is 0 Å². The van der Waals surface area contributed by atoms with E-state index in [1.54, 1.807) is 35.6 Å². The van der Waals surface area contributed by atoms with Crippen LogP contribution in [0.15, 0.2) is 35.0 Å². The molecule has 24 heavy (non-hydrogen) atoms. The zero-order valence-electron chi connectivity index (χ0n) is 13.7. The molecule has 3 aromatic heterocycles.